The van der Waals surface area contributed by atoms with Gasteiger partial charge in [-0.15, -0.1) is 6.58 Å². The van der Waals surface area contributed by atoms with Crippen LogP contribution in [0.15, 0.2) is 24.8 Å². The van der Waals surface area contributed by atoms with Gasteiger partial charge in [0.25, 0.3) is 0 Å². The van der Waals surface area contributed by atoms with Crippen molar-refractivity contribution in [2.75, 3.05) is 0 Å². The lowest BCUT2D eigenvalue weighted by Gasteiger charge is -2.21. The number of allylic oxidation sites excluding steroid dienone is 2. The third kappa shape index (κ3) is 2.28. The fourth-order valence-electron chi connectivity index (χ4n) is 1.04. The van der Waals surface area contributed by atoms with Crippen molar-refractivity contribution in [1.29, 1.82) is 0 Å². The number of carboxylic acid groups (broad SMARTS) is 1. The lowest BCUT2D eigenvalue weighted by molar-refractivity contribution is -0.152. The second-order valence-corrected chi connectivity index (χ2v) is 3.24. The first-order valence-corrected chi connectivity index (χ1v) is 3.91. The van der Waals surface area contributed by atoms with E-state index in [0.29, 0.717) is 0 Å². The maximum Gasteiger partial charge on any atom is 0.317 e. The predicted molar refractivity (Wildman–Crippen MR) is 50.4 cm³/mol. The van der Waals surface area contributed by atoms with Gasteiger partial charge in [-0.2, -0.15) is 0 Å². The molecule has 0 rings (SSSR count). The number of carboxylic acids is 1. The van der Waals surface area contributed by atoms with Crippen molar-refractivity contribution in [1.82, 2.24) is 0 Å². The Bertz CT molecular complexity index is 265. The number of rotatable bonds is 5. The molecule has 13 heavy (non-hydrogen) atoms. The van der Waals surface area contributed by atoms with Crippen LogP contribution >= 0.6 is 0 Å². The van der Waals surface area contributed by atoms with Crippen molar-refractivity contribution in [3.05, 3.63) is 24.8 Å². The largest absolute Gasteiger partial charge is 0.480 e. The Hall–Kier alpha value is -1.38. The fraction of sp³-hybridized carbons (Fsp3) is 0.400. The average Bonchev–Trinajstić information content (AvgIpc) is 2.02. The van der Waals surface area contributed by atoms with E-state index in [9.17, 15) is 9.59 Å². The van der Waals surface area contributed by atoms with Gasteiger partial charge in [-0.25, -0.2) is 0 Å². The minimum atomic E-state index is -1.41. The Morgan fingerprint density at radius 3 is 2.23 bits per heavy atom. The zero-order chi connectivity index (χ0) is 10.6. The second kappa shape index (κ2) is 4.03. The molecule has 0 fully saturated rings. The Kier molecular flexibility index (Phi) is 3.60. The average molecular weight is 182 g/mol. The molecule has 0 heterocycles. The summed E-state index contributed by atoms with van der Waals surface area (Å²) in [5.74, 6) is -1.58. The summed E-state index contributed by atoms with van der Waals surface area (Å²) in [4.78, 5) is 22.3. The highest BCUT2D eigenvalue weighted by atomic mass is 16.4. The number of hydrogen-bond acceptors (Lipinski definition) is 2. The molecule has 0 saturated carbocycles. The van der Waals surface area contributed by atoms with Gasteiger partial charge in [0.2, 0.25) is 0 Å². The first-order chi connectivity index (χ1) is 5.86. The van der Waals surface area contributed by atoms with E-state index < -0.39 is 17.2 Å². The van der Waals surface area contributed by atoms with Crippen LogP contribution in [-0.4, -0.2) is 16.9 Å². The molecule has 0 saturated heterocycles. The molecule has 3 nitrogen and oxygen atoms in total. The number of aliphatic carboxylic acids is 1. The lowest BCUT2D eigenvalue weighted by atomic mass is 9.80. The van der Waals surface area contributed by atoms with Crippen molar-refractivity contribution < 1.29 is 14.7 Å². The van der Waals surface area contributed by atoms with Crippen molar-refractivity contribution in [3.63, 3.8) is 0 Å². The van der Waals surface area contributed by atoms with Crippen molar-refractivity contribution in [2.24, 2.45) is 5.41 Å². The molecule has 0 aromatic carbocycles. The minimum Gasteiger partial charge on any atom is -0.480 e. The molecule has 0 amide bonds. The Morgan fingerprint density at radius 2 is 2.00 bits per heavy atom. The Balaban J connectivity index is 5.00. The van der Waals surface area contributed by atoms with Gasteiger partial charge < -0.3 is 5.11 Å². The monoisotopic (exact) mass is 182 g/mol. The Morgan fingerprint density at radius 1 is 1.54 bits per heavy atom. The molecule has 0 aliphatic carbocycles. The zero-order valence-electron chi connectivity index (χ0n) is 7.96. The van der Waals surface area contributed by atoms with Crippen molar-refractivity contribution in [2.45, 2.75) is 20.3 Å². The molecule has 72 valence electrons. The first-order valence-electron chi connectivity index (χ1n) is 3.91. The molecule has 1 unspecified atom stereocenters. The van der Waals surface area contributed by atoms with Crippen LogP contribution in [0.1, 0.15) is 20.3 Å². The van der Waals surface area contributed by atoms with E-state index in [1.807, 2.05) is 0 Å². The van der Waals surface area contributed by atoms with E-state index in [1.54, 1.807) is 0 Å². The molecular weight excluding hydrogens is 168 g/mol. The van der Waals surface area contributed by atoms with Crippen LogP contribution in [0.2, 0.25) is 0 Å². The van der Waals surface area contributed by atoms with Crippen LogP contribution in [0.5, 0.6) is 0 Å². The summed E-state index contributed by atoms with van der Waals surface area (Å²) in [6.45, 7) is 9.75. The quantitative estimate of drug-likeness (QED) is 0.400. The molecule has 3 heteroatoms. The number of hydrogen-bond donors (Lipinski definition) is 1. The van der Waals surface area contributed by atoms with E-state index in [2.05, 4.69) is 13.2 Å². The van der Waals surface area contributed by atoms with Gasteiger partial charge >= 0.3 is 5.97 Å². The summed E-state index contributed by atoms with van der Waals surface area (Å²) < 4.78 is 0. The predicted octanol–water partition coefficient (Wildman–Crippen LogP) is 1.80. The van der Waals surface area contributed by atoms with E-state index in [0.717, 1.165) is 0 Å². The normalized spacial score (nSPS) is 14.3. The van der Waals surface area contributed by atoms with Crippen LogP contribution < -0.4 is 0 Å². The third-order valence-corrected chi connectivity index (χ3v) is 1.91. The van der Waals surface area contributed by atoms with E-state index in [-0.39, 0.29) is 12.0 Å². The Labute approximate surface area is 77.8 Å². The summed E-state index contributed by atoms with van der Waals surface area (Å²) in [7, 11) is 0. The minimum absolute atomic E-state index is 0.119. The van der Waals surface area contributed by atoms with Crippen LogP contribution in [0.25, 0.3) is 0 Å². The van der Waals surface area contributed by atoms with Crippen LogP contribution in [0, 0.1) is 5.41 Å². The molecular formula is C10H14O3. The topological polar surface area (TPSA) is 54.4 Å². The van der Waals surface area contributed by atoms with Gasteiger partial charge in [0.1, 0.15) is 5.41 Å². The molecule has 0 aromatic heterocycles. The molecule has 0 aromatic rings. The highest BCUT2D eigenvalue weighted by molar-refractivity contribution is 6.10. The van der Waals surface area contributed by atoms with Gasteiger partial charge in [0, 0.05) is 0 Å². The standard InChI is InChI=1S/C10H14O3/c1-5-6-10(4,9(12)13)8(11)7(2)3/h5H,1-2,6H2,3-4H3,(H,12,13). The van der Waals surface area contributed by atoms with Crippen molar-refractivity contribution >= 4 is 11.8 Å². The summed E-state index contributed by atoms with van der Waals surface area (Å²) in [6.07, 6.45) is 1.54. The van der Waals surface area contributed by atoms with Gasteiger partial charge in [0.15, 0.2) is 5.78 Å². The van der Waals surface area contributed by atoms with Crippen LogP contribution in [-0.2, 0) is 9.59 Å². The molecule has 1 N–H and O–H groups in total. The van der Waals surface area contributed by atoms with E-state index in [4.69, 9.17) is 5.11 Å². The van der Waals surface area contributed by atoms with Crippen LogP contribution in [0.4, 0.5) is 0 Å². The highest BCUT2D eigenvalue weighted by Gasteiger charge is 2.39. The van der Waals surface area contributed by atoms with Gasteiger partial charge in [-0.05, 0) is 25.8 Å². The van der Waals surface area contributed by atoms with Crippen LogP contribution in [0.3, 0.4) is 0 Å². The maximum atomic E-state index is 11.5. The molecule has 0 spiro atoms. The zero-order valence-corrected chi connectivity index (χ0v) is 7.96. The summed E-state index contributed by atoms with van der Waals surface area (Å²) in [5, 5.41) is 8.87. The highest BCUT2D eigenvalue weighted by Crippen LogP contribution is 2.26. The number of ketones is 1. The van der Waals surface area contributed by atoms with Gasteiger partial charge in [0.05, 0.1) is 0 Å². The SMILES string of the molecule is C=CCC(C)(C(=O)O)C(=O)C(=C)C. The number of carbonyl (C=O) groups is 2. The number of Topliss-reactive ketones (excluding diaryl/α,β-unsaturated/α-hetero) is 1. The molecule has 1 atom stereocenters. The maximum absolute atomic E-state index is 11.5. The summed E-state index contributed by atoms with van der Waals surface area (Å²) >= 11 is 0. The summed E-state index contributed by atoms with van der Waals surface area (Å²) in [5.41, 5.74) is -1.15. The smallest absolute Gasteiger partial charge is 0.317 e. The van der Waals surface area contributed by atoms with E-state index in [1.165, 1.54) is 19.9 Å². The van der Waals surface area contributed by atoms with Crippen molar-refractivity contribution in [3.8, 4) is 0 Å². The van der Waals surface area contributed by atoms with Gasteiger partial charge in [-0.1, -0.05) is 12.7 Å². The molecule has 0 bridgehead atoms. The molecule has 0 aliphatic rings. The lowest BCUT2D eigenvalue weighted by Crippen LogP contribution is -2.36. The second-order valence-electron chi connectivity index (χ2n) is 3.24. The van der Waals surface area contributed by atoms with Gasteiger partial charge in [-0.3, -0.25) is 9.59 Å². The third-order valence-electron chi connectivity index (χ3n) is 1.91. The number of carbonyl (C=O) groups excluding carboxylic acids is 1. The summed E-state index contributed by atoms with van der Waals surface area (Å²) in [6, 6.07) is 0. The van der Waals surface area contributed by atoms with E-state index >= 15 is 0 Å². The fourth-order valence-corrected chi connectivity index (χ4v) is 1.04. The molecule has 0 radical (unpaired) electrons. The first kappa shape index (κ1) is 11.6. The molecule has 0 aliphatic heterocycles.